The van der Waals surface area contributed by atoms with Crippen LogP contribution in [0.4, 0.5) is 0 Å². The van der Waals surface area contributed by atoms with Gasteiger partial charge in [0.1, 0.15) is 5.01 Å². The van der Waals surface area contributed by atoms with Crippen LogP contribution in [-0.4, -0.2) is 56.2 Å². The highest BCUT2D eigenvalue weighted by atomic mass is 32.2. The summed E-state index contributed by atoms with van der Waals surface area (Å²) in [7, 11) is 1.97. The van der Waals surface area contributed by atoms with Gasteiger partial charge in [0.2, 0.25) is 0 Å². The third kappa shape index (κ3) is 3.81. The van der Waals surface area contributed by atoms with Crippen molar-refractivity contribution in [3.05, 3.63) is 46.2 Å². The lowest BCUT2D eigenvalue weighted by molar-refractivity contribution is 0.0764. The fraction of sp³-hybridized carbons (Fsp3) is 0.476. The van der Waals surface area contributed by atoms with Gasteiger partial charge in [0.05, 0.1) is 10.2 Å². The Balaban J connectivity index is 1.30. The van der Waals surface area contributed by atoms with Gasteiger partial charge in [-0.25, -0.2) is 4.98 Å². The van der Waals surface area contributed by atoms with Crippen LogP contribution >= 0.6 is 23.1 Å². The number of amides is 1. The molecule has 1 amide bonds. The van der Waals surface area contributed by atoms with E-state index in [4.69, 9.17) is 4.98 Å². The summed E-state index contributed by atoms with van der Waals surface area (Å²) >= 11 is 3.67. The largest absolute Gasteiger partial charge is 0.336 e. The van der Waals surface area contributed by atoms with Gasteiger partial charge in [-0.3, -0.25) is 9.48 Å². The van der Waals surface area contributed by atoms with Crippen molar-refractivity contribution < 1.29 is 4.79 Å². The summed E-state index contributed by atoms with van der Waals surface area (Å²) in [5.74, 6) is 2.15. The number of carbonyl (C=O) groups excluding carboxylic acids is 1. The number of nitrogens with one attached hydrogen (secondary N) is 1. The molecule has 0 saturated carbocycles. The first-order chi connectivity index (χ1) is 14.2. The van der Waals surface area contributed by atoms with E-state index in [0.717, 1.165) is 66.5 Å². The first-order valence-electron chi connectivity index (χ1n) is 10.2. The molecule has 2 aromatic heterocycles. The Morgan fingerprint density at radius 3 is 2.93 bits per heavy atom. The topological polar surface area (TPSA) is 63.1 Å². The molecule has 6 nitrogen and oxygen atoms in total. The van der Waals surface area contributed by atoms with Gasteiger partial charge in [-0.05, 0) is 31.4 Å². The van der Waals surface area contributed by atoms with Crippen LogP contribution in [0.15, 0.2) is 24.3 Å². The summed E-state index contributed by atoms with van der Waals surface area (Å²) < 4.78 is 3.15. The van der Waals surface area contributed by atoms with Gasteiger partial charge in [0.25, 0.3) is 5.91 Å². The number of thiazole rings is 1. The van der Waals surface area contributed by atoms with Crippen molar-refractivity contribution in [2.45, 2.75) is 31.8 Å². The normalized spacial score (nSPS) is 19.5. The highest BCUT2D eigenvalue weighted by Crippen LogP contribution is 2.27. The van der Waals surface area contributed by atoms with E-state index in [1.165, 1.54) is 10.4 Å². The second-order valence-electron chi connectivity index (χ2n) is 7.70. The zero-order chi connectivity index (χ0) is 19.8. The maximum absolute atomic E-state index is 13.1. The van der Waals surface area contributed by atoms with Crippen molar-refractivity contribution in [1.82, 2.24) is 25.0 Å². The molecule has 1 saturated heterocycles. The Hall–Kier alpha value is -1.90. The van der Waals surface area contributed by atoms with E-state index >= 15 is 0 Å². The summed E-state index contributed by atoms with van der Waals surface area (Å²) in [5.41, 5.74) is 4.10. The number of nitrogens with zero attached hydrogens (tertiary/aromatic N) is 4. The van der Waals surface area contributed by atoms with Gasteiger partial charge >= 0.3 is 0 Å². The molecule has 1 aliphatic heterocycles. The standard InChI is InChI=1S/C21H25N5OS2/c1-25-17-7-6-14(22-13-19-23-16-4-2-3-5-18(16)29-19)12-15(17)20(24-25)21(27)26-8-10-28-11-9-26/h2-5,14,22H,6-13H2,1H3. The summed E-state index contributed by atoms with van der Waals surface area (Å²) in [4.78, 5) is 19.8. The van der Waals surface area contributed by atoms with Gasteiger partial charge in [0.15, 0.2) is 5.69 Å². The Morgan fingerprint density at radius 1 is 1.28 bits per heavy atom. The summed E-state index contributed by atoms with van der Waals surface area (Å²) in [6.07, 6.45) is 2.88. The number of rotatable bonds is 4. The van der Waals surface area contributed by atoms with Crippen molar-refractivity contribution in [3.63, 3.8) is 0 Å². The van der Waals surface area contributed by atoms with E-state index in [2.05, 4.69) is 28.6 Å². The molecule has 29 heavy (non-hydrogen) atoms. The number of aromatic nitrogens is 3. The van der Waals surface area contributed by atoms with Crippen LogP contribution in [0.25, 0.3) is 10.2 Å². The number of fused-ring (bicyclic) bond motifs is 2. The zero-order valence-corrected chi connectivity index (χ0v) is 18.2. The summed E-state index contributed by atoms with van der Waals surface area (Å²) in [6.45, 7) is 2.43. The molecular formula is C21H25N5OS2. The number of hydrogen-bond acceptors (Lipinski definition) is 6. The molecule has 1 unspecified atom stereocenters. The van der Waals surface area contributed by atoms with Gasteiger partial charge in [-0.1, -0.05) is 12.1 Å². The third-order valence-corrected chi connectivity index (χ3v) is 7.81. The molecule has 3 heterocycles. The summed E-state index contributed by atoms with van der Waals surface area (Å²) in [6, 6.07) is 8.62. The second-order valence-corrected chi connectivity index (χ2v) is 10.0. The predicted octanol–water partition coefficient (Wildman–Crippen LogP) is 2.87. The molecule has 1 N–H and O–H groups in total. The lowest BCUT2D eigenvalue weighted by Crippen LogP contribution is -2.39. The minimum absolute atomic E-state index is 0.106. The number of benzene rings is 1. The molecule has 2 aliphatic rings. The molecule has 5 rings (SSSR count). The average molecular weight is 428 g/mol. The minimum atomic E-state index is 0.106. The molecule has 1 fully saturated rings. The lowest BCUT2D eigenvalue weighted by atomic mass is 9.91. The Bertz CT molecular complexity index is 1000. The van der Waals surface area contributed by atoms with Crippen molar-refractivity contribution in [2.75, 3.05) is 24.6 Å². The van der Waals surface area contributed by atoms with Crippen LogP contribution < -0.4 is 5.32 Å². The molecule has 0 bridgehead atoms. The first-order valence-corrected chi connectivity index (χ1v) is 12.2. The van der Waals surface area contributed by atoms with Crippen LogP contribution in [0.3, 0.4) is 0 Å². The van der Waals surface area contributed by atoms with Gasteiger partial charge in [0, 0.05) is 55.5 Å². The van der Waals surface area contributed by atoms with E-state index in [9.17, 15) is 4.79 Å². The average Bonchev–Trinajstić information content (AvgIpc) is 3.33. The fourth-order valence-electron chi connectivity index (χ4n) is 4.28. The molecule has 1 atom stereocenters. The second kappa shape index (κ2) is 8.08. The van der Waals surface area contributed by atoms with E-state index in [1.807, 2.05) is 34.5 Å². The highest BCUT2D eigenvalue weighted by Gasteiger charge is 2.30. The quantitative estimate of drug-likeness (QED) is 0.694. The van der Waals surface area contributed by atoms with Gasteiger partial charge < -0.3 is 10.2 Å². The Morgan fingerprint density at radius 2 is 2.10 bits per heavy atom. The number of para-hydroxylation sites is 1. The fourth-order valence-corrected chi connectivity index (χ4v) is 6.10. The van der Waals surface area contributed by atoms with Gasteiger partial charge in [-0.2, -0.15) is 16.9 Å². The van der Waals surface area contributed by atoms with E-state index < -0.39 is 0 Å². The first kappa shape index (κ1) is 19.1. The SMILES string of the molecule is Cn1nc(C(=O)N2CCSCC2)c2c1CCC(NCc1nc3ccccc3s1)C2. The maximum Gasteiger partial charge on any atom is 0.274 e. The van der Waals surface area contributed by atoms with Crippen LogP contribution in [0.1, 0.15) is 33.2 Å². The van der Waals surface area contributed by atoms with E-state index in [0.29, 0.717) is 11.7 Å². The lowest BCUT2D eigenvalue weighted by Gasteiger charge is -2.27. The minimum Gasteiger partial charge on any atom is -0.336 e. The number of hydrogen-bond donors (Lipinski definition) is 1. The predicted molar refractivity (Wildman–Crippen MR) is 119 cm³/mol. The Kier molecular flexibility index (Phi) is 5.32. The molecule has 152 valence electrons. The molecule has 0 spiro atoms. The summed E-state index contributed by atoms with van der Waals surface area (Å²) in [5, 5.41) is 9.42. The van der Waals surface area contributed by atoms with E-state index in [-0.39, 0.29) is 5.91 Å². The molecule has 1 aliphatic carbocycles. The maximum atomic E-state index is 13.1. The number of aryl methyl sites for hydroxylation is 1. The molecule has 3 aromatic rings. The van der Waals surface area contributed by atoms with Crippen LogP contribution in [0, 0.1) is 0 Å². The number of carbonyl (C=O) groups is 1. The van der Waals surface area contributed by atoms with E-state index in [1.54, 1.807) is 11.3 Å². The molecular weight excluding hydrogens is 402 g/mol. The Labute approximate surface area is 178 Å². The van der Waals surface area contributed by atoms with Gasteiger partial charge in [-0.15, -0.1) is 11.3 Å². The van der Waals surface area contributed by atoms with Crippen molar-refractivity contribution in [1.29, 1.82) is 0 Å². The van der Waals surface area contributed by atoms with Crippen LogP contribution in [0.5, 0.6) is 0 Å². The molecule has 1 aromatic carbocycles. The van der Waals surface area contributed by atoms with Crippen molar-refractivity contribution in [3.8, 4) is 0 Å². The molecule has 0 radical (unpaired) electrons. The molecule has 8 heteroatoms. The third-order valence-electron chi connectivity index (χ3n) is 5.84. The van der Waals surface area contributed by atoms with Crippen LogP contribution in [-0.2, 0) is 26.4 Å². The van der Waals surface area contributed by atoms with Crippen molar-refractivity contribution in [2.24, 2.45) is 7.05 Å². The smallest absolute Gasteiger partial charge is 0.274 e. The van der Waals surface area contributed by atoms with Crippen LogP contribution in [0.2, 0.25) is 0 Å². The number of thioether (sulfide) groups is 1. The zero-order valence-electron chi connectivity index (χ0n) is 16.6. The monoisotopic (exact) mass is 427 g/mol. The van der Waals surface area contributed by atoms with Crippen molar-refractivity contribution >= 4 is 39.2 Å². The highest BCUT2D eigenvalue weighted by molar-refractivity contribution is 7.99.